The lowest BCUT2D eigenvalue weighted by Gasteiger charge is -2.21. The molecule has 17 heavy (non-hydrogen) atoms. The lowest BCUT2D eigenvalue weighted by molar-refractivity contribution is 0.104. The molecular weight excluding hydrogens is 232 g/mol. The summed E-state index contributed by atoms with van der Waals surface area (Å²) in [6, 6.07) is 4.04. The van der Waals surface area contributed by atoms with E-state index in [1.807, 2.05) is 6.07 Å². The number of fused-ring (bicyclic) bond motifs is 1. The third-order valence-electron chi connectivity index (χ3n) is 4.66. The van der Waals surface area contributed by atoms with E-state index in [0.717, 1.165) is 22.4 Å². The van der Waals surface area contributed by atoms with Crippen LogP contribution in [0.25, 0.3) is 0 Å². The Kier molecular flexibility index (Phi) is 2.72. The van der Waals surface area contributed by atoms with Crippen LogP contribution in [0.5, 0.6) is 0 Å². The van der Waals surface area contributed by atoms with Gasteiger partial charge >= 0.3 is 0 Å². The second kappa shape index (κ2) is 4.00. The van der Waals surface area contributed by atoms with Crippen molar-refractivity contribution >= 4 is 11.6 Å². The molecule has 0 aliphatic heterocycles. The Morgan fingerprint density at radius 3 is 2.35 bits per heavy atom. The number of rotatable bonds is 2. The van der Waals surface area contributed by atoms with Gasteiger partial charge in [-0.2, -0.15) is 0 Å². The van der Waals surface area contributed by atoms with Crippen LogP contribution in [0, 0.1) is 31.6 Å². The van der Waals surface area contributed by atoms with E-state index in [1.54, 1.807) is 0 Å². The van der Waals surface area contributed by atoms with Crippen LogP contribution in [0.1, 0.15) is 42.1 Å². The van der Waals surface area contributed by atoms with Gasteiger partial charge in [-0.05, 0) is 73.6 Å². The second-order valence-corrected chi connectivity index (χ2v) is 6.30. The third kappa shape index (κ3) is 2.00. The first-order valence-electron chi connectivity index (χ1n) is 6.51. The summed E-state index contributed by atoms with van der Waals surface area (Å²) in [5, 5.41) is 11.2. The number of hydrogen-bond acceptors (Lipinski definition) is 1. The molecule has 2 aliphatic carbocycles. The lowest BCUT2D eigenvalue weighted by atomic mass is 9.90. The van der Waals surface area contributed by atoms with Gasteiger partial charge in [0.25, 0.3) is 0 Å². The van der Waals surface area contributed by atoms with Crippen molar-refractivity contribution in [3.05, 3.63) is 33.8 Å². The maximum Gasteiger partial charge on any atom is 0.0832 e. The summed E-state index contributed by atoms with van der Waals surface area (Å²) in [6.45, 7) is 4.14. The zero-order chi connectivity index (χ0) is 12.2. The van der Waals surface area contributed by atoms with E-state index in [1.165, 1.54) is 30.4 Å². The maximum atomic E-state index is 10.5. The highest BCUT2D eigenvalue weighted by Gasteiger charge is 2.48. The van der Waals surface area contributed by atoms with E-state index in [2.05, 4.69) is 19.9 Å². The Morgan fingerprint density at radius 2 is 1.71 bits per heavy atom. The lowest BCUT2D eigenvalue weighted by Crippen LogP contribution is -2.12. The molecule has 2 fully saturated rings. The molecule has 1 nitrogen and oxygen atoms in total. The van der Waals surface area contributed by atoms with Crippen molar-refractivity contribution in [2.75, 3.05) is 0 Å². The molecule has 2 aliphatic rings. The van der Waals surface area contributed by atoms with Crippen molar-refractivity contribution in [1.29, 1.82) is 0 Å². The van der Waals surface area contributed by atoms with Crippen LogP contribution in [0.4, 0.5) is 0 Å². The van der Waals surface area contributed by atoms with Gasteiger partial charge in [-0.25, -0.2) is 0 Å². The van der Waals surface area contributed by atoms with Gasteiger partial charge in [-0.1, -0.05) is 17.7 Å². The zero-order valence-corrected chi connectivity index (χ0v) is 11.2. The number of aliphatic hydroxyl groups is 1. The molecule has 3 rings (SSSR count). The predicted octanol–water partition coefficient (Wildman–Crippen LogP) is 4.04. The molecule has 1 N–H and O–H groups in total. The molecule has 1 aromatic carbocycles. The fraction of sp³-hybridized carbons (Fsp3) is 0.600. The Balaban J connectivity index is 1.85. The molecule has 1 aromatic rings. The maximum absolute atomic E-state index is 10.5. The summed E-state index contributed by atoms with van der Waals surface area (Å²) >= 11 is 6.26. The first-order chi connectivity index (χ1) is 8.06. The quantitative estimate of drug-likeness (QED) is 0.840. The van der Waals surface area contributed by atoms with E-state index >= 15 is 0 Å². The molecule has 0 radical (unpaired) electrons. The average molecular weight is 251 g/mol. The number of aliphatic hydroxyl groups excluding tert-OH is 1. The van der Waals surface area contributed by atoms with Gasteiger partial charge in [-0.15, -0.1) is 0 Å². The SMILES string of the molecule is Cc1cc(Cl)c(C(O)C2CC3CC3C2)cc1C. The third-order valence-corrected chi connectivity index (χ3v) is 4.99. The molecule has 2 heteroatoms. The molecule has 3 unspecified atom stereocenters. The van der Waals surface area contributed by atoms with E-state index in [4.69, 9.17) is 11.6 Å². The minimum atomic E-state index is -0.366. The summed E-state index contributed by atoms with van der Waals surface area (Å²) in [5.41, 5.74) is 3.34. The molecule has 0 heterocycles. The number of halogens is 1. The van der Waals surface area contributed by atoms with Gasteiger partial charge in [0.15, 0.2) is 0 Å². The van der Waals surface area contributed by atoms with Gasteiger partial charge in [0, 0.05) is 5.02 Å². The highest BCUT2D eigenvalue weighted by molar-refractivity contribution is 6.31. The van der Waals surface area contributed by atoms with Crippen LogP contribution >= 0.6 is 11.6 Å². The van der Waals surface area contributed by atoms with Crippen molar-refractivity contribution < 1.29 is 5.11 Å². The van der Waals surface area contributed by atoms with Crippen LogP contribution in [0.2, 0.25) is 5.02 Å². The molecule has 3 atom stereocenters. The fourth-order valence-corrected chi connectivity index (χ4v) is 3.63. The Labute approximate surface area is 108 Å². The normalized spacial score (nSPS) is 32.4. The second-order valence-electron chi connectivity index (χ2n) is 5.89. The van der Waals surface area contributed by atoms with Crippen LogP contribution in [0.15, 0.2) is 12.1 Å². The summed E-state index contributed by atoms with van der Waals surface area (Å²) in [6.07, 6.45) is 3.41. The molecule has 0 bridgehead atoms. The monoisotopic (exact) mass is 250 g/mol. The molecule has 0 spiro atoms. The Bertz CT molecular complexity index is 444. The van der Waals surface area contributed by atoms with Crippen LogP contribution in [0.3, 0.4) is 0 Å². The highest BCUT2D eigenvalue weighted by atomic mass is 35.5. The predicted molar refractivity (Wildman–Crippen MR) is 70.2 cm³/mol. The standard InChI is InChI=1S/C15H19ClO/c1-8-3-13(14(16)4-9(8)2)15(17)12-6-10-5-11(10)7-12/h3-4,10-12,15,17H,5-7H2,1-2H3. The van der Waals surface area contributed by atoms with E-state index < -0.39 is 0 Å². The van der Waals surface area contributed by atoms with Crippen molar-refractivity contribution in [3.8, 4) is 0 Å². The van der Waals surface area contributed by atoms with Crippen LogP contribution in [-0.4, -0.2) is 5.11 Å². The Hall–Kier alpha value is -0.530. The minimum Gasteiger partial charge on any atom is -0.388 e. The molecule has 92 valence electrons. The number of benzene rings is 1. The van der Waals surface area contributed by atoms with E-state index in [9.17, 15) is 5.11 Å². The number of hydrogen-bond donors (Lipinski definition) is 1. The topological polar surface area (TPSA) is 20.2 Å². The summed E-state index contributed by atoms with van der Waals surface area (Å²) in [7, 11) is 0. The van der Waals surface area contributed by atoms with Gasteiger partial charge in [-0.3, -0.25) is 0 Å². The van der Waals surface area contributed by atoms with Crippen molar-refractivity contribution in [2.24, 2.45) is 17.8 Å². The van der Waals surface area contributed by atoms with Gasteiger partial charge in [0.2, 0.25) is 0 Å². The molecule has 0 aromatic heterocycles. The minimum absolute atomic E-state index is 0.366. The first kappa shape index (κ1) is 11.6. The van der Waals surface area contributed by atoms with Crippen LogP contribution < -0.4 is 0 Å². The molecule has 0 amide bonds. The fourth-order valence-electron chi connectivity index (χ4n) is 3.30. The van der Waals surface area contributed by atoms with Crippen LogP contribution in [-0.2, 0) is 0 Å². The molecule has 2 saturated carbocycles. The summed E-state index contributed by atoms with van der Waals surface area (Å²) in [4.78, 5) is 0. The molecular formula is C15H19ClO. The van der Waals surface area contributed by atoms with Gasteiger partial charge in [0.05, 0.1) is 6.10 Å². The zero-order valence-electron chi connectivity index (χ0n) is 10.4. The van der Waals surface area contributed by atoms with Gasteiger partial charge < -0.3 is 5.11 Å². The summed E-state index contributed by atoms with van der Waals surface area (Å²) < 4.78 is 0. The van der Waals surface area contributed by atoms with E-state index in [0.29, 0.717) is 5.92 Å². The smallest absolute Gasteiger partial charge is 0.0832 e. The highest BCUT2D eigenvalue weighted by Crippen LogP contribution is 2.57. The molecule has 0 saturated heterocycles. The van der Waals surface area contributed by atoms with Crippen molar-refractivity contribution in [3.63, 3.8) is 0 Å². The van der Waals surface area contributed by atoms with Gasteiger partial charge in [0.1, 0.15) is 0 Å². The Morgan fingerprint density at radius 1 is 1.12 bits per heavy atom. The summed E-state index contributed by atoms with van der Waals surface area (Å²) in [5.74, 6) is 2.23. The van der Waals surface area contributed by atoms with E-state index in [-0.39, 0.29) is 6.10 Å². The van der Waals surface area contributed by atoms with Crippen molar-refractivity contribution in [1.82, 2.24) is 0 Å². The largest absolute Gasteiger partial charge is 0.388 e. The number of aryl methyl sites for hydroxylation is 2. The average Bonchev–Trinajstić information content (AvgIpc) is 2.90. The van der Waals surface area contributed by atoms with Crippen molar-refractivity contribution in [2.45, 2.75) is 39.2 Å². The first-order valence-corrected chi connectivity index (χ1v) is 6.88.